The SMILES string of the molecule is COC(=O)Cc1c(Cc2ccccc2)nc(N2CCCCC2)n1-c1ccc(Cl)cc1. The number of carbonyl (C=O) groups excluding carboxylic acids is 1. The summed E-state index contributed by atoms with van der Waals surface area (Å²) in [6.45, 7) is 1.93. The predicted octanol–water partition coefficient (Wildman–Crippen LogP) is 4.82. The van der Waals surface area contributed by atoms with Crippen LogP contribution in [-0.4, -0.2) is 35.7 Å². The molecule has 30 heavy (non-hydrogen) atoms. The number of benzene rings is 2. The molecule has 1 aliphatic heterocycles. The van der Waals surface area contributed by atoms with Crippen LogP contribution in [0, 0.1) is 0 Å². The van der Waals surface area contributed by atoms with Crippen molar-refractivity contribution in [3.05, 3.63) is 76.6 Å². The molecule has 0 atom stereocenters. The highest BCUT2D eigenvalue weighted by Crippen LogP contribution is 2.30. The second-order valence-electron chi connectivity index (χ2n) is 7.58. The normalized spacial score (nSPS) is 14.0. The number of esters is 1. The van der Waals surface area contributed by atoms with Gasteiger partial charge in [-0.1, -0.05) is 41.9 Å². The van der Waals surface area contributed by atoms with E-state index < -0.39 is 0 Å². The summed E-state index contributed by atoms with van der Waals surface area (Å²) in [7, 11) is 1.42. The largest absolute Gasteiger partial charge is 0.469 e. The number of hydrogen-bond donors (Lipinski definition) is 0. The number of anilines is 1. The highest BCUT2D eigenvalue weighted by atomic mass is 35.5. The van der Waals surface area contributed by atoms with E-state index in [1.165, 1.54) is 13.5 Å². The highest BCUT2D eigenvalue weighted by Gasteiger charge is 2.25. The van der Waals surface area contributed by atoms with Crippen molar-refractivity contribution in [1.29, 1.82) is 0 Å². The smallest absolute Gasteiger partial charge is 0.311 e. The van der Waals surface area contributed by atoms with Crippen molar-refractivity contribution in [2.45, 2.75) is 32.1 Å². The zero-order valence-electron chi connectivity index (χ0n) is 17.2. The maximum Gasteiger partial charge on any atom is 0.311 e. The fourth-order valence-electron chi connectivity index (χ4n) is 3.97. The number of methoxy groups -OCH3 is 1. The topological polar surface area (TPSA) is 47.4 Å². The molecule has 6 heteroatoms. The molecule has 1 aromatic heterocycles. The van der Waals surface area contributed by atoms with Crippen LogP contribution in [0.2, 0.25) is 5.02 Å². The predicted molar refractivity (Wildman–Crippen MR) is 120 cm³/mol. The van der Waals surface area contributed by atoms with E-state index in [2.05, 4.69) is 21.6 Å². The van der Waals surface area contributed by atoms with Gasteiger partial charge in [0.05, 0.1) is 24.9 Å². The van der Waals surface area contributed by atoms with E-state index in [0.717, 1.165) is 54.5 Å². The Balaban J connectivity index is 1.85. The van der Waals surface area contributed by atoms with Crippen LogP contribution in [-0.2, 0) is 22.4 Å². The maximum atomic E-state index is 12.3. The van der Waals surface area contributed by atoms with Gasteiger partial charge in [0.25, 0.3) is 0 Å². The number of carbonyl (C=O) groups is 1. The highest BCUT2D eigenvalue weighted by molar-refractivity contribution is 6.30. The van der Waals surface area contributed by atoms with Gasteiger partial charge in [-0.2, -0.15) is 0 Å². The summed E-state index contributed by atoms with van der Waals surface area (Å²) < 4.78 is 7.12. The third-order valence-electron chi connectivity index (χ3n) is 5.52. The second kappa shape index (κ2) is 9.35. The molecule has 0 N–H and O–H groups in total. The minimum atomic E-state index is -0.274. The number of halogens is 1. The van der Waals surface area contributed by atoms with Gasteiger partial charge in [-0.3, -0.25) is 9.36 Å². The maximum absolute atomic E-state index is 12.3. The molecule has 2 heterocycles. The molecule has 0 amide bonds. The van der Waals surface area contributed by atoms with E-state index in [0.29, 0.717) is 11.4 Å². The lowest BCUT2D eigenvalue weighted by Gasteiger charge is -2.28. The number of rotatable bonds is 6. The lowest BCUT2D eigenvalue weighted by Crippen LogP contribution is -2.32. The molecule has 5 nitrogen and oxygen atoms in total. The quantitative estimate of drug-likeness (QED) is 0.533. The molecule has 4 rings (SSSR count). The number of aromatic nitrogens is 2. The van der Waals surface area contributed by atoms with Gasteiger partial charge in [-0.05, 0) is 49.1 Å². The summed E-state index contributed by atoms with van der Waals surface area (Å²) in [5.74, 6) is 0.617. The summed E-state index contributed by atoms with van der Waals surface area (Å²) in [5, 5.41) is 0.678. The van der Waals surface area contributed by atoms with Gasteiger partial charge < -0.3 is 9.64 Å². The fourth-order valence-corrected chi connectivity index (χ4v) is 4.10. The monoisotopic (exact) mass is 423 g/mol. The summed E-state index contributed by atoms with van der Waals surface area (Å²) in [6, 6.07) is 17.9. The molecule has 1 aliphatic rings. The Morgan fingerprint density at radius 1 is 1.03 bits per heavy atom. The first-order chi connectivity index (χ1) is 14.7. The molecule has 1 saturated heterocycles. The van der Waals surface area contributed by atoms with Crippen LogP contribution < -0.4 is 4.90 Å². The number of imidazole rings is 1. The standard InChI is InChI=1S/C24H26ClN3O2/c1-30-23(29)17-22-21(16-18-8-4-2-5-9-18)26-24(27-14-6-3-7-15-27)28(22)20-12-10-19(25)11-13-20/h2,4-5,8-13H,3,6-7,14-17H2,1H3. The molecular formula is C24H26ClN3O2. The molecule has 1 fully saturated rings. The minimum Gasteiger partial charge on any atom is -0.469 e. The first-order valence-corrected chi connectivity index (χ1v) is 10.8. The van der Waals surface area contributed by atoms with Crippen molar-refractivity contribution in [3.8, 4) is 5.69 Å². The van der Waals surface area contributed by atoms with E-state index in [9.17, 15) is 4.79 Å². The van der Waals surface area contributed by atoms with Crippen molar-refractivity contribution in [2.75, 3.05) is 25.1 Å². The van der Waals surface area contributed by atoms with Crippen LogP contribution in [0.5, 0.6) is 0 Å². The van der Waals surface area contributed by atoms with Gasteiger partial charge in [-0.25, -0.2) is 4.98 Å². The lowest BCUT2D eigenvalue weighted by atomic mass is 10.1. The molecule has 0 unspecified atom stereocenters. The summed E-state index contributed by atoms with van der Waals surface area (Å²) >= 11 is 6.14. The van der Waals surface area contributed by atoms with Crippen molar-refractivity contribution in [2.24, 2.45) is 0 Å². The molecule has 156 valence electrons. The average Bonchev–Trinajstić information content (AvgIpc) is 3.13. The molecule has 0 bridgehead atoms. The number of piperidine rings is 1. The molecule has 0 saturated carbocycles. The first-order valence-electron chi connectivity index (χ1n) is 10.4. The molecule has 3 aromatic rings. The third kappa shape index (κ3) is 4.51. The van der Waals surface area contributed by atoms with E-state index in [1.54, 1.807) is 0 Å². The number of ether oxygens (including phenoxy) is 1. The van der Waals surface area contributed by atoms with Gasteiger partial charge in [0.15, 0.2) is 0 Å². The molecule has 0 aliphatic carbocycles. The molecule has 0 spiro atoms. The van der Waals surface area contributed by atoms with Crippen molar-refractivity contribution in [1.82, 2.24) is 9.55 Å². The van der Waals surface area contributed by atoms with Crippen LogP contribution in [0.15, 0.2) is 54.6 Å². The van der Waals surface area contributed by atoms with Crippen molar-refractivity contribution in [3.63, 3.8) is 0 Å². The Bertz CT molecular complexity index is 993. The Kier molecular flexibility index (Phi) is 6.38. The van der Waals surface area contributed by atoms with Gasteiger partial charge >= 0.3 is 5.97 Å². The van der Waals surface area contributed by atoms with Gasteiger partial charge in [0.2, 0.25) is 5.95 Å². The van der Waals surface area contributed by atoms with Gasteiger partial charge in [0.1, 0.15) is 0 Å². The summed E-state index contributed by atoms with van der Waals surface area (Å²) in [4.78, 5) is 19.7. The third-order valence-corrected chi connectivity index (χ3v) is 5.77. The van der Waals surface area contributed by atoms with Crippen LogP contribution >= 0.6 is 11.6 Å². The minimum absolute atomic E-state index is 0.169. The Morgan fingerprint density at radius 3 is 2.40 bits per heavy atom. The second-order valence-corrected chi connectivity index (χ2v) is 8.02. The van der Waals surface area contributed by atoms with Gasteiger partial charge in [0, 0.05) is 30.2 Å². The van der Waals surface area contributed by atoms with E-state index in [4.69, 9.17) is 21.3 Å². The number of nitrogens with zero attached hydrogens (tertiary/aromatic N) is 3. The molecular weight excluding hydrogens is 398 g/mol. The lowest BCUT2D eigenvalue weighted by molar-refractivity contribution is -0.139. The van der Waals surface area contributed by atoms with Crippen LogP contribution in [0.1, 0.15) is 36.2 Å². The zero-order valence-corrected chi connectivity index (χ0v) is 17.9. The average molecular weight is 424 g/mol. The first kappa shape index (κ1) is 20.5. The summed E-state index contributed by atoms with van der Waals surface area (Å²) in [5.41, 5.74) is 3.89. The Labute approximate surface area is 182 Å². The zero-order chi connectivity index (χ0) is 20.9. The number of hydrogen-bond acceptors (Lipinski definition) is 4. The molecule has 0 radical (unpaired) electrons. The molecule has 2 aromatic carbocycles. The fraction of sp³-hybridized carbons (Fsp3) is 0.333. The van der Waals surface area contributed by atoms with E-state index in [-0.39, 0.29) is 12.4 Å². The van der Waals surface area contributed by atoms with Crippen LogP contribution in [0.3, 0.4) is 0 Å². The Morgan fingerprint density at radius 2 is 1.73 bits per heavy atom. The van der Waals surface area contributed by atoms with E-state index >= 15 is 0 Å². The Hall–Kier alpha value is -2.79. The van der Waals surface area contributed by atoms with E-state index in [1.807, 2.05) is 42.5 Å². The van der Waals surface area contributed by atoms with Crippen LogP contribution in [0.25, 0.3) is 5.69 Å². The van der Waals surface area contributed by atoms with Gasteiger partial charge in [-0.15, -0.1) is 0 Å². The van der Waals surface area contributed by atoms with Crippen LogP contribution in [0.4, 0.5) is 5.95 Å². The van der Waals surface area contributed by atoms with Crippen molar-refractivity contribution < 1.29 is 9.53 Å². The summed E-state index contributed by atoms with van der Waals surface area (Å²) in [6.07, 6.45) is 4.36. The van der Waals surface area contributed by atoms with Crippen molar-refractivity contribution >= 4 is 23.5 Å².